The number of benzene rings is 2. The van der Waals surface area contributed by atoms with Crippen LogP contribution in [0.25, 0.3) is 0 Å². The zero-order chi connectivity index (χ0) is 35.7. The molecule has 3 rings (SSSR count). The van der Waals surface area contributed by atoms with Gasteiger partial charge in [-0.3, -0.25) is 9.11 Å². The molecule has 0 spiro atoms. The normalized spacial score (nSPS) is 12.6. The molecule has 0 fully saturated rings. The van der Waals surface area contributed by atoms with Crippen molar-refractivity contribution in [1.29, 1.82) is 0 Å². The van der Waals surface area contributed by atoms with Gasteiger partial charge in [-0.25, -0.2) is 13.4 Å². The van der Waals surface area contributed by atoms with Crippen molar-refractivity contribution >= 4 is 70.1 Å². The molecule has 0 saturated heterocycles. The Morgan fingerprint density at radius 1 is 0.917 bits per heavy atom. The molecule has 3 aromatic rings. The number of aliphatic hydroxyl groups excluding tert-OH is 1. The van der Waals surface area contributed by atoms with Crippen molar-refractivity contribution in [3.8, 4) is 0 Å². The summed E-state index contributed by atoms with van der Waals surface area (Å²) in [7, 11) is -9.61. The lowest BCUT2D eigenvalue weighted by atomic mass is 10.2. The van der Waals surface area contributed by atoms with E-state index in [4.69, 9.17) is 20.1 Å². The van der Waals surface area contributed by atoms with E-state index in [-0.39, 0.29) is 63.0 Å². The summed E-state index contributed by atoms with van der Waals surface area (Å²) in [6.45, 7) is 1.98. The topological polar surface area (TPSA) is 276 Å². The third-order valence-electron chi connectivity index (χ3n) is 6.66. The van der Waals surface area contributed by atoms with E-state index in [9.17, 15) is 29.8 Å². The van der Waals surface area contributed by atoms with E-state index in [1.807, 2.05) is 0 Å². The van der Waals surface area contributed by atoms with Crippen LogP contribution >= 0.6 is 0 Å². The van der Waals surface area contributed by atoms with Gasteiger partial charge in [0.1, 0.15) is 16.3 Å². The third-order valence-corrected chi connectivity index (χ3v) is 10.0. The number of azo groups is 2. The largest absolute Gasteiger partial charge is 0.395 e. The summed E-state index contributed by atoms with van der Waals surface area (Å²) in [5.74, 6) is -0.172. The van der Waals surface area contributed by atoms with Gasteiger partial charge in [0.05, 0.1) is 40.1 Å². The Hall–Kier alpha value is -4.12. The molecule has 262 valence electrons. The van der Waals surface area contributed by atoms with Crippen LogP contribution in [0.4, 0.5) is 40.1 Å². The molecule has 21 heteroatoms. The Balaban J connectivity index is 1.99. The van der Waals surface area contributed by atoms with Crippen molar-refractivity contribution < 1.29 is 44.2 Å². The summed E-state index contributed by atoms with van der Waals surface area (Å²) >= 11 is 0. The van der Waals surface area contributed by atoms with Crippen molar-refractivity contribution in [1.82, 2.24) is 4.98 Å². The van der Waals surface area contributed by atoms with Crippen molar-refractivity contribution in [2.75, 3.05) is 67.9 Å². The molecule has 0 aliphatic heterocycles. The van der Waals surface area contributed by atoms with E-state index in [0.29, 0.717) is 25.1 Å². The zero-order valence-electron chi connectivity index (χ0n) is 26.2. The number of ether oxygens (including phenoxy) is 1. The molecule has 0 radical (unpaired) electrons. The first-order valence-corrected chi connectivity index (χ1v) is 18.7. The first kappa shape index (κ1) is 38.3. The maximum Gasteiger partial charge on any atom is 0.296 e. The van der Waals surface area contributed by atoms with E-state index < -0.39 is 41.6 Å². The predicted octanol–water partition coefficient (Wildman–Crippen LogP) is 3.59. The van der Waals surface area contributed by atoms with Gasteiger partial charge in [-0.05, 0) is 55.8 Å². The molecule has 1 aromatic heterocycles. The average molecular weight is 729 g/mol. The molecule has 48 heavy (non-hydrogen) atoms. The van der Waals surface area contributed by atoms with Gasteiger partial charge >= 0.3 is 0 Å². The average Bonchev–Trinajstić information content (AvgIpc) is 3.01. The Labute approximate surface area is 278 Å². The fourth-order valence-electron chi connectivity index (χ4n) is 4.03. The van der Waals surface area contributed by atoms with Crippen LogP contribution in [-0.2, 0) is 34.8 Å². The predicted molar refractivity (Wildman–Crippen MR) is 178 cm³/mol. The Bertz CT molecular complexity index is 1990. The molecule has 0 unspecified atom stereocenters. The van der Waals surface area contributed by atoms with E-state index in [0.717, 1.165) is 18.2 Å². The number of pyridine rings is 1. The van der Waals surface area contributed by atoms with Gasteiger partial charge in [0.25, 0.3) is 20.2 Å². The molecule has 0 saturated carbocycles. The smallest absolute Gasteiger partial charge is 0.296 e. The van der Waals surface area contributed by atoms with Crippen LogP contribution < -0.4 is 16.0 Å². The fourth-order valence-corrected chi connectivity index (χ4v) is 6.19. The highest BCUT2D eigenvalue weighted by atomic mass is 32.2. The van der Waals surface area contributed by atoms with Crippen molar-refractivity contribution in [2.24, 2.45) is 20.5 Å². The Morgan fingerprint density at radius 3 is 2.17 bits per heavy atom. The van der Waals surface area contributed by atoms with Gasteiger partial charge in [0.2, 0.25) is 0 Å². The quantitative estimate of drug-likeness (QED) is 0.0755. The van der Waals surface area contributed by atoms with Gasteiger partial charge < -0.3 is 25.8 Å². The van der Waals surface area contributed by atoms with Crippen LogP contribution in [0, 0.1) is 6.92 Å². The molecule has 1 heterocycles. The van der Waals surface area contributed by atoms with Crippen LogP contribution in [0.3, 0.4) is 0 Å². The Morgan fingerprint density at radius 2 is 1.56 bits per heavy atom. The standard InChI is InChI=1S/C27H36N8O10S3/c1-18-24(28)27(35(2)12-15-46(37,38)16-13-36)30-26(29-11-4-14-45-3)25(18)34-33-22-10-7-20(17-23(22)48(42,43)44)32-31-19-5-8-21(9-6-19)47(39,40)41/h5-10,17,36H,4,11-16,28H2,1-3H3,(H,29,30)(H,39,40,41)(H,42,43,44)/b32-31+,34-33+. The van der Waals surface area contributed by atoms with Gasteiger partial charge in [0, 0.05) is 39.4 Å². The highest BCUT2D eigenvalue weighted by Crippen LogP contribution is 2.39. The Kier molecular flexibility index (Phi) is 13.0. The zero-order valence-corrected chi connectivity index (χ0v) is 28.6. The molecule has 0 amide bonds. The molecule has 6 N–H and O–H groups in total. The van der Waals surface area contributed by atoms with Crippen LogP contribution in [0.1, 0.15) is 12.0 Å². The highest BCUT2D eigenvalue weighted by Gasteiger charge is 2.21. The van der Waals surface area contributed by atoms with Crippen molar-refractivity contribution in [2.45, 2.75) is 23.1 Å². The lowest BCUT2D eigenvalue weighted by Gasteiger charge is -2.23. The monoisotopic (exact) mass is 728 g/mol. The van der Waals surface area contributed by atoms with E-state index in [2.05, 4.69) is 30.8 Å². The summed E-state index contributed by atoms with van der Waals surface area (Å²) in [6.07, 6.45) is 0.580. The number of nitrogen functional groups attached to an aromatic ring is 1. The second kappa shape index (κ2) is 16.3. The number of anilines is 3. The first-order chi connectivity index (χ1) is 22.5. The number of nitrogens with zero attached hydrogens (tertiary/aromatic N) is 6. The molecule has 0 atom stereocenters. The maximum atomic E-state index is 12.3. The van der Waals surface area contributed by atoms with E-state index in [1.165, 1.54) is 24.3 Å². The number of hydrogen-bond acceptors (Lipinski definition) is 16. The summed E-state index contributed by atoms with van der Waals surface area (Å²) in [4.78, 5) is 5.11. The van der Waals surface area contributed by atoms with E-state index in [1.54, 1.807) is 26.0 Å². The molecule has 18 nitrogen and oxygen atoms in total. The summed E-state index contributed by atoms with van der Waals surface area (Å²) in [5.41, 5.74) is 7.00. The van der Waals surface area contributed by atoms with Crippen LogP contribution in [0.15, 0.2) is 72.7 Å². The molecule has 0 aliphatic carbocycles. The number of rotatable bonds is 17. The number of nitrogens with one attached hydrogen (secondary N) is 1. The lowest BCUT2D eigenvalue weighted by molar-refractivity contribution is 0.198. The summed E-state index contributed by atoms with van der Waals surface area (Å²) in [6, 6.07) is 8.34. The summed E-state index contributed by atoms with van der Waals surface area (Å²) < 4.78 is 95.4. The highest BCUT2D eigenvalue weighted by molar-refractivity contribution is 7.91. The third kappa shape index (κ3) is 10.7. The van der Waals surface area contributed by atoms with Crippen LogP contribution in [0.2, 0.25) is 0 Å². The summed E-state index contributed by atoms with van der Waals surface area (Å²) in [5, 5.41) is 28.2. The number of nitrogens with two attached hydrogens (primary N) is 1. The van der Waals surface area contributed by atoms with Crippen LogP contribution in [0.5, 0.6) is 0 Å². The van der Waals surface area contributed by atoms with Gasteiger partial charge in [-0.1, -0.05) is 0 Å². The van der Waals surface area contributed by atoms with Gasteiger partial charge in [0.15, 0.2) is 21.5 Å². The SMILES string of the molecule is COCCCNc1nc(N(C)CCS(=O)(=O)CCO)c(N)c(C)c1/N=N/c1ccc(/N=N/c2ccc(S(=O)(=O)O)cc2)cc1S(=O)(=O)O. The minimum atomic E-state index is -4.85. The van der Waals surface area contributed by atoms with Crippen molar-refractivity contribution in [3.05, 3.63) is 48.0 Å². The van der Waals surface area contributed by atoms with Gasteiger partial charge in [-0.2, -0.15) is 27.1 Å². The second-order valence-electron chi connectivity index (χ2n) is 10.2. The number of aliphatic hydroxyl groups is 1. The minimum absolute atomic E-state index is 0.00332. The molecule has 0 bridgehead atoms. The lowest BCUT2D eigenvalue weighted by Crippen LogP contribution is -2.29. The number of aromatic nitrogens is 1. The minimum Gasteiger partial charge on any atom is -0.395 e. The number of methoxy groups -OCH3 is 1. The molecular formula is C27H36N8O10S3. The van der Waals surface area contributed by atoms with Gasteiger partial charge in [-0.15, -0.1) is 10.2 Å². The van der Waals surface area contributed by atoms with Crippen molar-refractivity contribution in [3.63, 3.8) is 0 Å². The maximum absolute atomic E-state index is 12.3. The number of hydrogen-bond donors (Lipinski definition) is 5. The molecular weight excluding hydrogens is 693 g/mol. The first-order valence-electron chi connectivity index (χ1n) is 14.0. The van der Waals surface area contributed by atoms with E-state index >= 15 is 0 Å². The number of sulfone groups is 1. The second-order valence-corrected chi connectivity index (χ2v) is 15.4. The van der Waals surface area contributed by atoms with Crippen LogP contribution in [-0.4, -0.2) is 96.4 Å². The molecule has 2 aromatic carbocycles. The molecule has 0 aliphatic rings. The fraction of sp³-hybridized carbons (Fsp3) is 0.370.